The highest BCUT2D eigenvalue weighted by Crippen LogP contribution is 2.38. The van der Waals surface area contributed by atoms with E-state index in [0.717, 1.165) is 0 Å². The van der Waals surface area contributed by atoms with Crippen molar-refractivity contribution in [2.24, 2.45) is 17.8 Å². The third-order valence-corrected chi connectivity index (χ3v) is 10.5. The first-order chi connectivity index (χ1) is 21.7. The zero-order valence-corrected chi connectivity index (χ0v) is 30.4. The van der Waals surface area contributed by atoms with Crippen LogP contribution in [-0.2, 0) is 33.3 Å². The lowest BCUT2D eigenvalue weighted by Crippen LogP contribution is -2.65. The van der Waals surface area contributed by atoms with Gasteiger partial charge in [-0.2, -0.15) is 0 Å². The smallest absolute Gasteiger partial charge is 0.311 e. The van der Waals surface area contributed by atoms with Crippen LogP contribution >= 0.6 is 0 Å². The van der Waals surface area contributed by atoms with E-state index in [1.807, 2.05) is 46.7 Å². The Hall–Kier alpha value is -1.64. The van der Waals surface area contributed by atoms with Crippen molar-refractivity contribution in [2.75, 3.05) is 27.2 Å². The third-order valence-electron chi connectivity index (χ3n) is 10.5. The van der Waals surface area contributed by atoms with E-state index in [-0.39, 0.29) is 36.6 Å². The lowest BCUT2D eigenvalue weighted by molar-refractivity contribution is -0.301. The van der Waals surface area contributed by atoms with Gasteiger partial charge >= 0.3 is 11.9 Å². The molecule has 16 atom stereocenters. The molecular weight excluding hydrogens is 608 g/mol. The standard InChI is InChI=1S/C35H62N2O10/c1-13-25-18-37-17-19(3)16-34(9,41)30(47-33-29(44-24(8)38)26(36(11)12)15-20(4)43-33)21(5)28(39)22(6)32(40)46-27(14-2)35(10,42)31(45-25)23(37)7/h13,19-23,25-31,33,39,41-42H,1,14-18H2,2-12H3/t19-,20-,21-,22-,23-,25?,26+,27+,28+,29-,30-,31+,33-,34-,35-/m1/s1. The van der Waals surface area contributed by atoms with Crippen LogP contribution in [0, 0.1) is 17.8 Å². The quantitative estimate of drug-likeness (QED) is 0.282. The molecule has 47 heavy (non-hydrogen) atoms. The number of ether oxygens (including phenoxy) is 5. The number of aliphatic hydroxyl groups is 3. The molecule has 0 aromatic heterocycles. The van der Waals surface area contributed by atoms with Gasteiger partial charge in [-0.15, -0.1) is 6.58 Å². The van der Waals surface area contributed by atoms with Gasteiger partial charge in [0.1, 0.15) is 17.8 Å². The van der Waals surface area contributed by atoms with Crippen molar-refractivity contribution >= 4 is 11.9 Å². The van der Waals surface area contributed by atoms with Crippen molar-refractivity contribution in [1.29, 1.82) is 0 Å². The highest BCUT2D eigenvalue weighted by atomic mass is 16.7. The average molecular weight is 671 g/mol. The van der Waals surface area contributed by atoms with Crippen LogP contribution in [0.5, 0.6) is 0 Å². The average Bonchev–Trinajstić information content (AvgIpc) is 2.97. The van der Waals surface area contributed by atoms with E-state index in [4.69, 9.17) is 23.7 Å². The minimum atomic E-state index is -1.55. The van der Waals surface area contributed by atoms with Gasteiger partial charge in [-0.25, -0.2) is 0 Å². The summed E-state index contributed by atoms with van der Waals surface area (Å²) in [6.07, 6.45) is -3.54. The van der Waals surface area contributed by atoms with Crippen LogP contribution in [0.25, 0.3) is 0 Å². The van der Waals surface area contributed by atoms with Gasteiger partial charge in [-0.1, -0.05) is 26.8 Å². The highest BCUT2D eigenvalue weighted by molar-refractivity contribution is 5.73. The van der Waals surface area contributed by atoms with Gasteiger partial charge in [0.05, 0.1) is 42.0 Å². The first kappa shape index (κ1) is 39.8. The van der Waals surface area contributed by atoms with E-state index in [1.54, 1.807) is 33.8 Å². The Morgan fingerprint density at radius 3 is 2.32 bits per heavy atom. The van der Waals surface area contributed by atoms with Gasteiger partial charge in [-0.05, 0) is 73.9 Å². The molecular formula is C35H62N2O10. The van der Waals surface area contributed by atoms with Gasteiger partial charge in [0.15, 0.2) is 12.4 Å². The minimum absolute atomic E-state index is 0.0792. The Bertz CT molecular complexity index is 1070. The second kappa shape index (κ2) is 15.9. The second-order valence-electron chi connectivity index (χ2n) is 15.1. The predicted octanol–water partition coefficient (Wildman–Crippen LogP) is 2.51. The molecule has 0 radical (unpaired) electrons. The molecule has 2 unspecified atom stereocenters. The molecule has 12 nitrogen and oxygen atoms in total. The lowest BCUT2D eigenvalue weighted by Gasteiger charge is -2.50. The van der Waals surface area contributed by atoms with Crippen molar-refractivity contribution in [3.05, 3.63) is 12.7 Å². The molecule has 0 aliphatic carbocycles. The van der Waals surface area contributed by atoms with Crippen molar-refractivity contribution < 1.29 is 48.6 Å². The van der Waals surface area contributed by atoms with Crippen LogP contribution in [0.3, 0.4) is 0 Å². The van der Waals surface area contributed by atoms with Crippen molar-refractivity contribution in [3.8, 4) is 0 Å². The molecule has 3 N–H and O–H groups in total. The number of likely N-dealkylation sites (N-methyl/N-ethyl adjacent to an activating group) is 1. The van der Waals surface area contributed by atoms with Crippen molar-refractivity contribution in [1.82, 2.24) is 9.80 Å². The fourth-order valence-corrected chi connectivity index (χ4v) is 7.98. The van der Waals surface area contributed by atoms with E-state index in [2.05, 4.69) is 11.5 Å². The Morgan fingerprint density at radius 1 is 1.13 bits per heavy atom. The van der Waals surface area contributed by atoms with Gasteiger partial charge in [0, 0.05) is 32.0 Å². The summed E-state index contributed by atoms with van der Waals surface area (Å²) in [5, 5.41) is 35.9. The summed E-state index contributed by atoms with van der Waals surface area (Å²) in [5.41, 5.74) is -3.07. The van der Waals surface area contributed by atoms with Crippen molar-refractivity contribution in [2.45, 2.75) is 154 Å². The van der Waals surface area contributed by atoms with E-state index < -0.39 is 71.8 Å². The van der Waals surface area contributed by atoms with E-state index in [1.165, 1.54) is 6.92 Å². The van der Waals surface area contributed by atoms with Crippen LogP contribution < -0.4 is 0 Å². The molecule has 0 spiro atoms. The monoisotopic (exact) mass is 670 g/mol. The third kappa shape index (κ3) is 9.13. The summed E-state index contributed by atoms with van der Waals surface area (Å²) in [6, 6.07) is -0.481. The largest absolute Gasteiger partial charge is 0.459 e. The molecule has 12 heteroatoms. The van der Waals surface area contributed by atoms with Crippen LogP contribution in [-0.4, -0.2) is 137 Å². The first-order valence-electron chi connectivity index (χ1n) is 17.2. The fraction of sp³-hybridized carbons (Fsp3) is 0.886. The van der Waals surface area contributed by atoms with Gasteiger partial charge in [0.2, 0.25) is 0 Å². The molecule has 3 aliphatic heterocycles. The van der Waals surface area contributed by atoms with Gasteiger partial charge in [-0.3, -0.25) is 14.5 Å². The van der Waals surface area contributed by atoms with Crippen molar-refractivity contribution in [3.63, 3.8) is 0 Å². The molecule has 3 fully saturated rings. The summed E-state index contributed by atoms with van der Waals surface area (Å²) in [4.78, 5) is 30.0. The zero-order chi connectivity index (χ0) is 35.6. The summed E-state index contributed by atoms with van der Waals surface area (Å²) in [6.45, 7) is 20.7. The van der Waals surface area contributed by atoms with Crippen LogP contribution in [0.2, 0.25) is 0 Å². The van der Waals surface area contributed by atoms with E-state index in [9.17, 15) is 24.9 Å². The molecule has 3 aliphatic rings. The maximum absolute atomic E-state index is 13.6. The SMILES string of the molecule is C=CC1CN2C[C@H](C)C[C@@](C)(O)[C@H](O[C@H]3O[C@H](C)C[C@H](N(C)C)[C@H]3OC(C)=O)[C@H](C)[C@H](O)[C@@H](C)C(=O)O[C@@H](CC)[C@@](C)(O)[C@@H](O1)[C@H]2C. The number of hydrogen-bond donors (Lipinski definition) is 3. The Labute approximate surface area is 281 Å². The second-order valence-corrected chi connectivity index (χ2v) is 15.1. The van der Waals surface area contributed by atoms with Gasteiger partial charge in [0.25, 0.3) is 0 Å². The number of carbonyl (C=O) groups is 2. The summed E-state index contributed by atoms with van der Waals surface area (Å²) in [5.74, 6) is -3.09. The maximum atomic E-state index is 13.6. The number of rotatable bonds is 6. The molecule has 3 saturated heterocycles. The van der Waals surface area contributed by atoms with Crippen LogP contribution in [0.1, 0.15) is 81.6 Å². The topological polar surface area (TPSA) is 147 Å². The van der Waals surface area contributed by atoms with Crippen LogP contribution in [0.15, 0.2) is 12.7 Å². The Balaban J connectivity index is 2.08. The molecule has 0 aromatic rings. The first-order valence-corrected chi connectivity index (χ1v) is 17.2. The molecule has 3 heterocycles. The fourth-order valence-electron chi connectivity index (χ4n) is 7.98. The summed E-state index contributed by atoms with van der Waals surface area (Å²) in [7, 11) is 3.79. The number of nitrogens with zero attached hydrogens (tertiary/aromatic N) is 2. The molecule has 0 saturated carbocycles. The Morgan fingerprint density at radius 2 is 1.77 bits per heavy atom. The zero-order valence-electron chi connectivity index (χ0n) is 30.4. The number of fused-ring (bicyclic) bond motifs is 2. The molecule has 272 valence electrons. The number of hydrogen-bond acceptors (Lipinski definition) is 12. The molecule has 0 aromatic carbocycles. The summed E-state index contributed by atoms with van der Waals surface area (Å²) >= 11 is 0. The number of esters is 2. The van der Waals surface area contributed by atoms with E-state index in [0.29, 0.717) is 25.9 Å². The maximum Gasteiger partial charge on any atom is 0.311 e. The molecule has 0 amide bonds. The number of morpholine rings is 1. The Kier molecular flexibility index (Phi) is 13.5. The highest BCUT2D eigenvalue weighted by Gasteiger charge is 2.52. The minimum Gasteiger partial charge on any atom is -0.459 e. The molecule has 2 bridgehead atoms. The predicted molar refractivity (Wildman–Crippen MR) is 176 cm³/mol. The number of aliphatic hydroxyl groups excluding tert-OH is 1. The number of carbonyl (C=O) groups excluding carboxylic acids is 2. The van der Waals surface area contributed by atoms with Gasteiger partial charge < -0.3 is 43.9 Å². The normalized spacial score (nSPS) is 47.3. The number of cyclic esters (lactones) is 1. The lowest BCUT2D eigenvalue weighted by atomic mass is 9.78. The van der Waals surface area contributed by atoms with E-state index >= 15 is 0 Å². The van der Waals surface area contributed by atoms with Crippen LogP contribution in [0.4, 0.5) is 0 Å². The summed E-state index contributed by atoms with van der Waals surface area (Å²) < 4.78 is 30.9. The molecule has 3 rings (SSSR count).